The molecule has 0 unspecified atom stereocenters. The molecule has 0 heterocycles. The molecule has 0 spiro atoms. The molecule has 102 valence electrons. The molecule has 0 bridgehead atoms. The standard InChI is InChI=1S/C14H10Cl2N2O2/c15-11-6-4-10(5-7-11)9-17-20-14(19)18-13-3-1-2-12(16)8-13/h1-9H,(H,18,19). The quantitative estimate of drug-likeness (QED) is 0.513. The number of carbonyl (C=O) groups is 1. The van der Waals surface area contributed by atoms with Crippen molar-refractivity contribution in [2.45, 2.75) is 0 Å². The van der Waals surface area contributed by atoms with Crippen molar-refractivity contribution in [1.82, 2.24) is 0 Å². The van der Waals surface area contributed by atoms with Gasteiger partial charge in [0.25, 0.3) is 0 Å². The van der Waals surface area contributed by atoms with Gasteiger partial charge in [0.2, 0.25) is 0 Å². The SMILES string of the molecule is O=C(Nc1cccc(Cl)c1)ON=Cc1ccc(Cl)cc1. The molecule has 0 atom stereocenters. The van der Waals surface area contributed by atoms with Gasteiger partial charge in [-0.3, -0.25) is 10.2 Å². The van der Waals surface area contributed by atoms with E-state index in [0.29, 0.717) is 15.7 Å². The minimum atomic E-state index is -0.697. The fraction of sp³-hybridized carbons (Fsp3) is 0. The first-order valence-corrected chi connectivity index (χ1v) is 6.41. The minimum absolute atomic E-state index is 0.521. The largest absolute Gasteiger partial charge is 0.437 e. The molecular weight excluding hydrogens is 299 g/mol. The number of nitrogens with one attached hydrogen (secondary N) is 1. The van der Waals surface area contributed by atoms with Crippen LogP contribution >= 0.6 is 23.2 Å². The average molecular weight is 309 g/mol. The number of hydrogen-bond acceptors (Lipinski definition) is 3. The summed E-state index contributed by atoms with van der Waals surface area (Å²) in [4.78, 5) is 16.1. The number of hydrogen-bond donors (Lipinski definition) is 1. The van der Waals surface area contributed by atoms with Crippen molar-refractivity contribution in [2.24, 2.45) is 5.16 Å². The minimum Gasteiger partial charge on any atom is -0.298 e. The summed E-state index contributed by atoms with van der Waals surface area (Å²) < 4.78 is 0. The molecule has 2 rings (SSSR count). The second-order valence-electron chi connectivity index (χ2n) is 3.80. The number of rotatable bonds is 3. The molecule has 2 aromatic rings. The summed E-state index contributed by atoms with van der Waals surface area (Å²) in [6.07, 6.45) is 0.714. The average Bonchev–Trinajstić information content (AvgIpc) is 2.41. The summed E-state index contributed by atoms with van der Waals surface area (Å²) in [5.41, 5.74) is 1.30. The predicted molar refractivity (Wildman–Crippen MR) is 80.6 cm³/mol. The van der Waals surface area contributed by atoms with Crippen molar-refractivity contribution in [3.63, 3.8) is 0 Å². The topological polar surface area (TPSA) is 50.7 Å². The molecule has 4 nitrogen and oxygen atoms in total. The van der Waals surface area contributed by atoms with E-state index in [1.165, 1.54) is 6.21 Å². The highest BCUT2D eigenvalue weighted by atomic mass is 35.5. The summed E-state index contributed by atoms with van der Waals surface area (Å²) in [6.45, 7) is 0. The summed E-state index contributed by atoms with van der Waals surface area (Å²) in [5, 5.41) is 7.22. The van der Waals surface area contributed by atoms with Crippen molar-refractivity contribution >= 4 is 41.2 Å². The summed E-state index contributed by atoms with van der Waals surface area (Å²) in [6, 6.07) is 13.7. The van der Waals surface area contributed by atoms with Crippen LogP contribution in [0, 0.1) is 0 Å². The van der Waals surface area contributed by atoms with Gasteiger partial charge in [0.15, 0.2) is 0 Å². The van der Waals surface area contributed by atoms with Crippen molar-refractivity contribution < 1.29 is 9.63 Å². The molecule has 20 heavy (non-hydrogen) atoms. The lowest BCUT2D eigenvalue weighted by atomic mass is 10.2. The molecule has 0 radical (unpaired) electrons. The number of oxime groups is 1. The van der Waals surface area contributed by atoms with Crippen LogP contribution in [0.4, 0.5) is 10.5 Å². The van der Waals surface area contributed by atoms with Gasteiger partial charge in [-0.05, 0) is 35.9 Å². The molecule has 0 saturated carbocycles. The molecule has 0 aliphatic heterocycles. The van der Waals surface area contributed by atoms with Gasteiger partial charge < -0.3 is 0 Å². The molecule has 0 aliphatic rings. The first kappa shape index (κ1) is 14.4. The van der Waals surface area contributed by atoms with Crippen LogP contribution in [-0.4, -0.2) is 12.3 Å². The number of benzene rings is 2. The van der Waals surface area contributed by atoms with Gasteiger partial charge in [-0.1, -0.05) is 46.6 Å². The maximum Gasteiger partial charge on any atom is 0.437 e. The molecule has 6 heteroatoms. The number of anilines is 1. The molecule has 1 amide bonds. The fourth-order valence-corrected chi connectivity index (χ4v) is 1.71. The van der Waals surface area contributed by atoms with Crippen LogP contribution in [-0.2, 0) is 4.84 Å². The van der Waals surface area contributed by atoms with E-state index < -0.39 is 6.09 Å². The Balaban J connectivity index is 1.87. The first-order chi connectivity index (χ1) is 9.63. The van der Waals surface area contributed by atoms with Gasteiger partial charge in [0.1, 0.15) is 0 Å². The van der Waals surface area contributed by atoms with Gasteiger partial charge in [0, 0.05) is 15.7 Å². The Hall–Kier alpha value is -2.04. The van der Waals surface area contributed by atoms with Gasteiger partial charge in [-0.25, -0.2) is 4.79 Å². The third-order valence-electron chi connectivity index (χ3n) is 2.28. The zero-order chi connectivity index (χ0) is 14.4. The van der Waals surface area contributed by atoms with Gasteiger partial charge >= 0.3 is 6.09 Å². The van der Waals surface area contributed by atoms with Crippen molar-refractivity contribution in [2.75, 3.05) is 5.32 Å². The highest BCUT2D eigenvalue weighted by Gasteiger charge is 2.02. The van der Waals surface area contributed by atoms with E-state index in [1.54, 1.807) is 48.5 Å². The Morgan fingerprint density at radius 2 is 1.85 bits per heavy atom. The molecule has 0 aromatic heterocycles. The van der Waals surface area contributed by atoms with Gasteiger partial charge in [-0.15, -0.1) is 0 Å². The zero-order valence-corrected chi connectivity index (χ0v) is 11.7. The second-order valence-corrected chi connectivity index (χ2v) is 4.67. The summed E-state index contributed by atoms with van der Waals surface area (Å²) in [7, 11) is 0. The predicted octanol–water partition coefficient (Wildman–Crippen LogP) is 4.58. The highest BCUT2D eigenvalue weighted by Crippen LogP contribution is 2.15. The van der Waals surface area contributed by atoms with Crippen molar-refractivity contribution in [1.29, 1.82) is 0 Å². The molecule has 0 aliphatic carbocycles. The van der Waals surface area contributed by atoms with Crippen LogP contribution < -0.4 is 5.32 Å². The Bertz CT molecular complexity index is 627. The van der Waals surface area contributed by atoms with E-state index in [-0.39, 0.29) is 0 Å². The zero-order valence-electron chi connectivity index (χ0n) is 10.2. The lowest BCUT2D eigenvalue weighted by Gasteiger charge is -2.02. The van der Waals surface area contributed by atoms with E-state index in [1.807, 2.05) is 0 Å². The Labute approximate surface area is 125 Å². The number of amides is 1. The van der Waals surface area contributed by atoms with E-state index in [0.717, 1.165) is 5.56 Å². The number of nitrogens with zero attached hydrogens (tertiary/aromatic N) is 1. The van der Waals surface area contributed by atoms with E-state index in [4.69, 9.17) is 23.2 Å². The molecule has 2 aromatic carbocycles. The van der Waals surface area contributed by atoms with E-state index >= 15 is 0 Å². The molecular formula is C14H10Cl2N2O2. The van der Waals surface area contributed by atoms with E-state index in [2.05, 4.69) is 15.3 Å². The maximum absolute atomic E-state index is 11.5. The fourth-order valence-electron chi connectivity index (χ4n) is 1.39. The van der Waals surface area contributed by atoms with Crippen LogP contribution in [0.3, 0.4) is 0 Å². The molecule has 0 saturated heterocycles. The van der Waals surface area contributed by atoms with Crippen LogP contribution in [0.25, 0.3) is 0 Å². The van der Waals surface area contributed by atoms with Gasteiger partial charge in [-0.2, -0.15) is 0 Å². The van der Waals surface area contributed by atoms with Crippen molar-refractivity contribution in [3.05, 3.63) is 64.1 Å². The Kier molecular flexibility index (Phi) is 4.98. The third kappa shape index (κ3) is 4.57. The Morgan fingerprint density at radius 1 is 1.10 bits per heavy atom. The summed E-state index contributed by atoms with van der Waals surface area (Å²) in [5.74, 6) is 0. The molecule has 1 N–H and O–H groups in total. The second kappa shape index (κ2) is 6.93. The lowest BCUT2D eigenvalue weighted by Crippen LogP contribution is -2.10. The first-order valence-electron chi connectivity index (χ1n) is 5.66. The summed E-state index contributed by atoms with van der Waals surface area (Å²) >= 11 is 11.5. The number of carbonyl (C=O) groups excluding carboxylic acids is 1. The van der Waals surface area contributed by atoms with E-state index in [9.17, 15) is 4.79 Å². The smallest absolute Gasteiger partial charge is 0.298 e. The van der Waals surface area contributed by atoms with Gasteiger partial charge in [0.05, 0.1) is 6.21 Å². The van der Waals surface area contributed by atoms with Crippen LogP contribution in [0.5, 0.6) is 0 Å². The van der Waals surface area contributed by atoms with Crippen LogP contribution in [0.2, 0.25) is 10.0 Å². The highest BCUT2D eigenvalue weighted by molar-refractivity contribution is 6.31. The third-order valence-corrected chi connectivity index (χ3v) is 2.77. The number of halogens is 2. The maximum atomic E-state index is 11.5. The molecule has 0 fully saturated rings. The lowest BCUT2D eigenvalue weighted by molar-refractivity contribution is 0.167. The Morgan fingerprint density at radius 3 is 2.55 bits per heavy atom. The van der Waals surface area contributed by atoms with Crippen LogP contribution in [0.1, 0.15) is 5.56 Å². The normalized spacial score (nSPS) is 10.5. The van der Waals surface area contributed by atoms with Crippen molar-refractivity contribution in [3.8, 4) is 0 Å². The monoisotopic (exact) mass is 308 g/mol. The van der Waals surface area contributed by atoms with Crippen LogP contribution in [0.15, 0.2) is 53.7 Å².